The van der Waals surface area contributed by atoms with E-state index in [2.05, 4.69) is 22.0 Å². The first-order chi connectivity index (χ1) is 8.90. The van der Waals surface area contributed by atoms with Crippen LogP contribution in [0.3, 0.4) is 0 Å². The van der Waals surface area contributed by atoms with E-state index in [1.54, 1.807) is 0 Å². The van der Waals surface area contributed by atoms with Gasteiger partial charge >= 0.3 is 0 Å². The third-order valence-electron chi connectivity index (χ3n) is 3.39. The molecule has 18 heavy (non-hydrogen) atoms. The molecule has 1 aromatic heterocycles. The van der Waals surface area contributed by atoms with Crippen molar-refractivity contribution in [3.63, 3.8) is 0 Å². The fourth-order valence-corrected chi connectivity index (χ4v) is 2.47. The fourth-order valence-electron chi connectivity index (χ4n) is 2.47. The van der Waals surface area contributed by atoms with Crippen molar-refractivity contribution in [3.05, 3.63) is 36.0 Å². The van der Waals surface area contributed by atoms with Gasteiger partial charge in [-0.1, -0.05) is 18.2 Å². The molecule has 2 heterocycles. The Morgan fingerprint density at radius 1 is 1.22 bits per heavy atom. The summed E-state index contributed by atoms with van der Waals surface area (Å²) in [7, 11) is 0. The number of pyridine rings is 1. The SMILES string of the molecule is NCc1cccc2ccnc(N3CCOCC3)c12. The largest absolute Gasteiger partial charge is 0.378 e. The predicted octanol–water partition coefficient (Wildman–Crippen LogP) is 1.53. The minimum Gasteiger partial charge on any atom is -0.378 e. The highest BCUT2D eigenvalue weighted by atomic mass is 16.5. The Bertz CT molecular complexity index is 544. The average Bonchev–Trinajstić information content (AvgIpc) is 2.47. The molecular formula is C14H17N3O. The van der Waals surface area contributed by atoms with Crippen LogP contribution in [0.15, 0.2) is 30.5 Å². The van der Waals surface area contributed by atoms with Crippen LogP contribution in [0.5, 0.6) is 0 Å². The molecule has 0 aliphatic carbocycles. The number of rotatable bonds is 2. The summed E-state index contributed by atoms with van der Waals surface area (Å²) in [6, 6.07) is 8.28. The molecule has 0 radical (unpaired) electrons. The van der Waals surface area contributed by atoms with Crippen LogP contribution < -0.4 is 10.6 Å². The molecule has 0 spiro atoms. The van der Waals surface area contributed by atoms with E-state index in [1.807, 2.05) is 18.3 Å². The summed E-state index contributed by atoms with van der Waals surface area (Å²) < 4.78 is 5.40. The van der Waals surface area contributed by atoms with Crippen molar-refractivity contribution in [3.8, 4) is 0 Å². The van der Waals surface area contributed by atoms with Crippen LogP contribution in [-0.4, -0.2) is 31.3 Å². The molecule has 0 saturated carbocycles. The van der Waals surface area contributed by atoms with E-state index in [0.29, 0.717) is 6.54 Å². The van der Waals surface area contributed by atoms with Gasteiger partial charge in [0.1, 0.15) is 5.82 Å². The molecule has 2 N–H and O–H groups in total. The summed E-state index contributed by atoms with van der Waals surface area (Å²) in [6.07, 6.45) is 1.87. The molecule has 0 unspecified atom stereocenters. The number of aromatic nitrogens is 1. The summed E-state index contributed by atoms with van der Waals surface area (Å²) in [5.74, 6) is 1.04. The number of nitrogens with two attached hydrogens (primary N) is 1. The molecule has 1 aromatic carbocycles. The Hall–Kier alpha value is -1.65. The van der Waals surface area contributed by atoms with E-state index in [9.17, 15) is 0 Å². The number of hydrogen-bond acceptors (Lipinski definition) is 4. The molecule has 1 fully saturated rings. The number of nitrogens with zero attached hydrogens (tertiary/aromatic N) is 2. The maximum Gasteiger partial charge on any atom is 0.136 e. The summed E-state index contributed by atoms with van der Waals surface area (Å²) in [6.45, 7) is 3.86. The quantitative estimate of drug-likeness (QED) is 0.869. The van der Waals surface area contributed by atoms with Gasteiger partial charge in [0.2, 0.25) is 0 Å². The van der Waals surface area contributed by atoms with Gasteiger partial charge in [-0.05, 0) is 17.0 Å². The van der Waals surface area contributed by atoms with Crippen molar-refractivity contribution in [2.24, 2.45) is 5.73 Å². The van der Waals surface area contributed by atoms with Crippen LogP contribution in [0, 0.1) is 0 Å². The Kier molecular flexibility index (Phi) is 3.13. The van der Waals surface area contributed by atoms with Crippen molar-refractivity contribution in [2.45, 2.75) is 6.54 Å². The molecule has 0 atom stereocenters. The molecule has 0 bridgehead atoms. The van der Waals surface area contributed by atoms with E-state index in [1.165, 1.54) is 10.8 Å². The molecule has 1 aliphatic rings. The number of benzene rings is 1. The van der Waals surface area contributed by atoms with Crippen LogP contribution >= 0.6 is 0 Å². The molecule has 4 nitrogen and oxygen atoms in total. The lowest BCUT2D eigenvalue weighted by Crippen LogP contribution is -2.37. The molecule has 0 amide bonds. The highest BCUT2D eigenvalue weighted by molar-refractivity contribution is 5.95. The first-order valence-electron chi connectivity index (χ1n) is 6.29. The number of hydrogen-bond donors (Lipinski definition) is 1. The highest BCUT2D eigenvalue weighted by Crippen LogP contribution is 2.28. The van der Waals surface area contributed by atoms with Gasteiger partial charge in [-0.2, -0.15) is 0 Å². The summed E-state index contributed by atoms with van der Waals surface area (Å²) >= 11 is 0. The Morgan fingerprint density at radius 2 is 2.06 bits per heavy atom. The second kappa shape index (κ2) is 4.92. The van der Waals surface area contributed by atoms with Crippen molar-refractivity contribution >= 4 is 16.6 Å². The molecular weight excluding hydrogens is 226 g/mol. The van der Waals surface area contributed by atoms with Crippen molar-refractivity contribution in [1.29, 1.82) is 0 Å². The van der Waals surface area contributed by atoms with Gasteiger partial charge in [0.15, 0.2) is 0 Å². The lowest BCUT2D eigenvalue weighted by molar-refractivity contribution is 0.122. The van der Waals surface area contributed by atoms with Crippen LogP contribution in [-0.2, 0) is 11.3 Å². The Labute approximate surface area is 106 Å². The molecule has 1 saturated heterocycles. The molecule has 1 aliphatic heterocycles. The number of morpholine rings is 1. The smallest absolute Gasteiger partial charge is 0.136 e. The number of fused-ring (bicyclic) bond motifs is 1. The Morgan fingerprint density at radius 3 is 2.83 bits per heavy atom. The summed E-state index contributed by atoms with van der Waals surface area (Å²) in [5, 5.41) is 2.39. The minimum absolute atomic E-state index is 0.542. The topological polar surface area (TPSA) is 51.4 Å². The number of ether oxygens (including phenoxy) is 1. The number of anilines is 1. The second-order valence-corrected chi connectivity index (χ2v) is 4.45. The maximum atomic E-state index is 5.84. The molecule has 94 valence electrons. The minimum atomic E-state index is 0.542. The van der Waals surface area contributed by atoms with Gasteiger partial charge in [-0.25, -0.2) is 4.98 Å². The van der Waals surface area contributed by atoms with E-state index in [0.717, 1.165) is 37.7 Å². The van der Waals surface area contributed by atoms with Gasteiger partial charge in [-0.3, -0.25) is 0 Å². The highest BCUT2D eigenvalue weighted by Gasteiger charge is 2.16. The normalized spacial score (nSPS) is 16.2. The standard InChI is InChI=1S/C14H17N3O/c15-10-12-3-1-2-11-4-5-16-14(13(11)12)17-6-8-18-9-7-17/h1-5H,6-10,15H2. The first-order valence-corrected chi connectivity index (χ1v) is 6.29. The van der Waals surface area contributed by atoms with E-state index < -0.39 is 0 Å². The van der Waals surface area contributed by atoms with Gasteiger partial charge in [0.25, 0.3) is 0 Å². The van der Waals surface area contributed by atoms with E-state index >= 15 is 0 Å². The van der Waals surface area contributed by atoms with Gasteiger partial charge < -0.3 is 15.4 Å². The monoisotopic (exact) mass is 243 g/mol. The van der Waals surface area contributed by atoms with Crippen LogP contribution in [0.25, 0.3) is 10.8 Å². The first kappa shape index (κ1) is 11.4. The zero-order valence-electron chi connectivity index (χ0n) is 10.3. The van der Waals surface area contributed by atoms with Gasteiger partial charge in [0, 0.05) is 31.2 Å². The lowest BCUT2D eigenvalue weighted by Gasteiger charge is -2.29. The zero-order valence-corrected chi connectivity index (χ0v) is 10.3. The fraction of sp³-hybridized carbons (Fsp3) is 0.357. The lowest BCUT2D eigenvalue weighted by atomic mass is 10.1. The predicted molar refractivity (Wildman–Crippen MR) is 72.7 cm³/mol. The van der Waals surface area contributed by atoms with E-state index in [-0.39, 0.29) is 0 Å². The Balaban J connectivity index is 2.15. The molecule has 3 rings (SSSR count). The van der Waals surface area contributed by atoms with Gasteiger partial charge in [0.05, 0.1) is 13.2 Å². The van der Waals surface area contributed by atoms with Gasteiger partial charge in [-0.15, -0.1) is 0 Å². The zero-order chi connectivity index (χ0) is 12.4. The average molecular weight is 243 g/mol. The third kappa shape index (κ3) is 1.94. The summed E-state index contributed by atoms with van der Waals surface area (Å²) in [4.78, 5) is 6.84. The van der Waals surface area contributed by atoms with Crippen molar-refractivity contribution < 1.29 is 4.74 Å². The van der Waals surface area contributed by atoms with Crippen LogP contribution in [0.2, 0.25) is 0 Å². The second-order valence-electron chi connectivity index (χ2n) is 4.45. The summed E-state index contributed by atoms with van der Waals surface area (Å²) in [5.41, 5.74) is 7.00. The van der Waals surface area contributed by atoms with Crippen molar-refractivity contribution in [2.75, 3.05) is 31.2 Å². The van der Waals surface area contributed by atoms with Crippen LogP contribution in [0.1, 0.15) is 5.56 Å². The van der Waals surface area contributed by atoms with Crippen LogP contribution in [0.4, 0.5) is 5.82 Å². The van der Waals surface area contributed by atoms with E-state index in [4.69, 9.17) is 10.5 Å². The van der Waals surface area contributed by atoms with Crippen molar-refractivity contribution in [1.82, 2.24) is 4.98 Å². The molecule has 4 heteroatoms. The molecule has 2 aromatic rings. The maximum absolute atomic E-state index is 5.84. The third-order valence-corrected chi connectivity index (χ3v) is 3.39.